The number of hydrogen-bond acceptors (Lipinski definition) is 10. The molecule has 0 saturated carbocycles. The largest absolute Gasteiger partial charge is 0.368 e. The molecule has 0 unspecified atom stereocenters. The number of pyridine rings is 2. The monoisotopic (exact) mass is 833 g/mol. The molecule has 1 aromatic carbocycles. The van der Waals surface area contributed by atoms with Gasteiger partial charge < -0.3 is 35.1 Å². The highest BCUT2D eigenvalue weighted by Crippen LogP contribution is 2.27. The van der Waals surface area contributed by atoms with Crippen molar-refractivity contribution in [1.82, 2.24) is 59.9 Å². The van der Waals surface area contributed by atoms with Crippen molar-refractivity contribution < 1.29 is 14.4 Å². The minimum absolute atomic E-state index is 0.0803. The summed E-state index contributed by atoms with van der Waals surface area (Å²) >= 11 is 0. The molecule has 0 radical (unpaired) electrons. The van der Waals surface area contributed by atoms with Crippen LogP contribution in [0.25, 0.3) is 22.1 Å². The van der Waals surface area contributed by atoms with Gasteiger partial charge >= 0.3 is 11.7 Å². The predicted molar refractivity (Wildman–Crippen MR) is 234 cm³/mol. The lowest BCUT2D eigenvalue weighted by Gasteiger charge is -2.39. The van der Waals surface area contributed by atoms with E-state index in [0.29, 0.717) is 64.2 Å². The van der Waals surface area contributed by atoms with Crippen LogP contribution in [-0.2, 0) is 16.0 Å². The number of urea groups is 1. The van der Waals surface area contributed by atoms with Crippen LogP contribution in [-0.4, -0.2) is 159 Å². The number of aromatic amines is 2. The molecular weight excluding hydrogens is 775 g/mol. The van der Waals surface area contributed by atoms with Gasteiger partial charge in [-0.2, -0.15) is 5.10 Å². The molecule has 0 spiro atoms. The molecule has 3 saturated heterocycles. The summed E-state index contributed by atoms with van der Waals surface area (Å²) in [6, 6.07) is 9.51. The standard InChI is InChI=1S/C44H59N13O4/c1-30-25-32(26-33-29-47-51-39(30)33)28-36(49-43(60)56-17-10-35(11-18-56)57-38-5-4-12-46-40(38)50-44(57)61)41(58)48-37(27-31-8-15-53(16-9-31)20-19-52(2)3)42(59)55-23-21-54(22-24-55)34-6-13-45-14-7-34/h4-7,12-14,25-26,29,31,35-37H,8-11,15-24,27-28H2,1-3H3,(H,47,51)(H,48,58)(H,49,60)(H,46,50,61)/t36-,37-/m1/s1. The van der Waals surface area contributed by atoms with Gasteiger partial charge in [0.1, 0.15) is 12.1 Å². The number of imidazole rings is 1. The SMILES string of the molecule is Cc1cc(C[C@@H](NC(=O)N2CCC(n3c(=O)[nH]c4ncccc43)CC2)C(=O)N[C@H](CC2CCN(CCN(C)C)CC2)C(=O)N2CCN(c3ccncc3)CC2)cc2cn[nH]c12. The first-order chi connectivity index (χ1) is 29.6. The Balaban J connectivity index is 0.988. The third-order valence-corrected chi connectivity index (χ3v) is 12.8. The summed E-state index contributed by atoms with van der Waals surface area (Å²) in [7, 11) is 4.18. The number of nitrogens with one attached hydrogen (secondary N) is 4. The Labute approximate surface area is 355 Å². The number of fused-ring (bicyclic) bond motifs is 2. The molecule has 3 aliphatic rings. The van der Waals surface area contributed by atoms with Gasteiger partial charge in [-0.05, 0) is 114 Å². The smallest absolute Gasteiger partial charge is 0.327 e. The van der Waals surface area contributed by atoms with E-state index in [-0.39, 0.29) is 41.9 Å². The van der Waals surface area contributed by atoms with E-state index in [1.165, 1.54) is 0 Å². The Morgan fingerprint density at radius 2 is 1.64 bits per heavy atom. The van der Waals surface area contributed by atoms with E-state index in [4.69, 9.17) is 0 Å². The third-order valence-electron chi connectivity index (χ3n) is 12.8. The van der Waals surface area contributed by atoms with Crippen molar-refractivity contribution in [3.63, 3.8) is 0 Å². The zero-order chi connectivity index (χ0) is 42.5. The Morgan fingerprint density at radius 1 is 0.885 bits per heavy atom. The molecule has 17 heteroatoms. The lowest BCUT2D eigenvalue weighted by molar-refractivity contribution is -0.137. The van der Waals surface area contributed by atoms with Crippen molar-refractivity contribution in [3.8, 4) is 0 Å². The second kappa shape index (κ2) is 18.8. The van der Waals surface area contributed by atoms with Crippen LogP contribution >= 0.6 is 0 Å². The molecule has 4 amide bonds. The Bertz CT molecular complexity index is 2340. The number of aryl methyl sites for hydroxylation is 1. The normalized spacial score (nSPS) is 18.2. The molecule has 0 bridgehead atoms. The number of piperazine rings is 1. The number of hydrogen-bond donors (Lipinski definition) is 4. The first-order valence-corrected chi connectivity index (χ1v) is 21.7. The number of benzene rings is 1. The van der Waals surface area contributed by atoms with Gasteiger partial charge in [0.05, 0.1) is 17.2 Å². The number of carbonyl (C=O) groups is 3. The summed E-state index contributed by atoms with van der Waals surface area (Å²) in [5.74, 6) is -0.199. The molecular formula is C44H59N13O4. The van der Waals surface area contributed by atoms with Gasteiger partial charge in [-0.3, -0.25) is 29.2 Å². The zero-order valence-electron chi connectivity index (χ0n) is 35.6. The number of piperidine rings is 2. The first-order valence-electron chi connectivity index (χ1n) is 21.7. The summed E-state index contributed by atoms with van der Waals surface area (Å²) < 4.78 is 1.74. The van der Waals surface area contributed by atoms with Crippen LogP contribution in [0.2, 0.25) is 0 Å². The van der Waals surface area contributed by atoms with Crippen LogP contribution in [0.15, 0.2) is 66.0 Å². The number of nitrogens with zero attached hydrogens (tertiary/aromatic N) is 9. The number of amides is 4. The minimum Gasteiger partial charge on any atom is -0.368 e. The Kier molecular flexibility index (Phi) is 12.9. The van der Waals surface area contributed by atoms with Gasteiger partial charge in [0.2, 0.25) is 11.8 Å². The van der Waals surface area contributed by atoms with Gasteiger partial charge in [-0.15, -0.1) is 0 Å². The molecule has 4 N–H and O–H groups in total. The first kappa shape index (κ1) is 41.9. The number of likely N-dealkylation sites (N-methyl/N-ethyl adjacent to an activating group) is 1. The van der Waals surface area contributed by atoms with Gasteiger partial charge in [0.25, 0.3) is 0 Å². The van der Waals surface area contributed by atoms with E-state index in [1.54, 1.807) is 34.3 Å². The lowest BCUT2D eigenvalue weighted by atomic mass is 9.89. The van der Waals surface area contributed by atoms with Gasteiger partial charge in [0, 0.05) is 94.5 Å². The summed E-state index contributed by atoms with van der Waals surface area (Å²) in [5, 5.41) is 14.5. The summed E-state index contributed by atoms with van der Waals surface area (Å²) in [4.78, 5) is 78.1. The van der Waals surface area contributed by atoms with Crippen LogP contribution in [0.4, 0.5) is 10.5 Å². The highest BCUT2D eigenvalue weighted by molar-refractivity contribution is 5.92. The van der Waals surface area contributed by atoms with Crippen LogP contribution in [0, 0.1) is 12.8 Å². The molecule has 8 rings (SSSR count). The zero-order valence-corrected chi connectivity index (χ0v) is 35.6. The highest BCUT2D eigenvalue weighted by Gasteiger charge is 2.35. The molecule has 2 atom stereocenters. The molecule has 17 nitrogen and oxygen atoms in total. The highest BCUT2D eigenvalue weighted by atomic mass is 16.2. The molecule has 61 heavy (non-hydrogen) atoms. The summed E-state index contributed by atoms with van der Waals surface area (Å²) in [6.07, 6.45) is 10.8. The van der Waals surface area contributed by atoms with Crippen LogP contribution in [0.5, 0.6) is 0 Å². The Hall–Kier alpha value is -5.81. The van der Waals surface area contributed by atoms with E-state index < -0.39 is 12.1 Å². The molecule has 3 fully saturated rings. The van der Waals surface area contributed by atoms with Crippen LogP contribution in [0.3, 0.4) is 0 Å². The average Bonchev–Trinajstić information content (AvgIpc) is 3.90. The topological polar surface area (TPSA) is 184 Å². The third kappa shape index (κ3) is 9.89. The molecule has 324 valence electrons. The maximum Gasteiger partial charge on any atom is 0.327 e. The van der Waals surface area contributed by atoms with E-state index >= 15 is 0 Å². The maximum absolute atomic E-state index is 14.7. The van der Waals surface area contributed by atoms with Crippen molar-refractivity contribution in [3.05, 3.63) is 82.8 Å². The maximum atomic E-state index is 14.7. The van der Waals surface area contributed by atoms with E-state index in [0.717, 1.165) is 72.3 Å². The van der Waals surface area contributed by atoms with Crippen molar-refractivity contribution in [2.75, 3.05) is 84.4 Å². The van der Waals surface area contributed by atoms with Crippen molar-refractivity contribution in [2.45, 2.75) is 63.6 Å². The average molecular weight is 834 g/mol. The van der Waals surface area contributed by atoms with Crippen LogP contribution in [0.1, 0.15) is 49.3 Å². The van der Waals surface area contributed by atoms with Gasteiger partial charge in [0.15, 0.2) is 5.65 Å². The fourth-order valence-electron chi connectivity index (χ4n) is 9.34. The number of anilines is 1. The molecule has 0 aliphatic carbocycles. The van der Waals surface area contributed by atoms with Gasteiger partial charge in [-0.25, -0.2) is 14.6 Å². The van der Waals surface area contributed by atoms with Crippen molar-refractivity contribution in [2.24, 2.45) is 5.92 Å². The molecule has 3 aliphatic heterocycles. The number of likely N-dealkylation sites (tertiary alicyclic amines) is 2. The summed E-state index contributed by atoms with van der Waals surface area (Å²) in [6.45, 7) is 9.14. The quantitative estimate of drug-likeness (QED) is 0.138. The number of H-pyrrole nitrogens is 2. The lowest BCUT2D eigenvalue weighted by Crippen LogP contribution is -2.59. The van der Waals surface area contributed by atoms with Gasteiger partial charge in [-0.1, -0.05) is 6.07 Å². The fraction of sp³-hybridized carbons (Fsp3) is 0.523. The number of rotatable bonds is 13. The Morgan fingerprint density at radius 3 is 2.38 bits per heavy atom. The number of aromatic nitrogens is 6. The minimum atomic E-state index is -0.956. The number of carbonyl (C=O) groups excluding carboxylic acids is 3. The van der Waals surface area contributed by atoms with Crippen molar-refractivity contribution >= 4 is 45.6 Å². The molecule has 7 heterocycles. The second-order valence-corrected chi connectivity index (χ2v) is 17.2. The van der Waals surface area contributed by atoms with E-state index in [1.807, 2.05) is 48.2 Å². The predicted octanol–water partition coefficient (Wildman–Crippen LogP) is 2.76. The van der Waals surface area contributed by atoms with E-state index in [2.05, 4.69) is 64.6 Å². The van der Waals surface area contributed by atoms with Crippen LogP contribution < -0.4 is 21.2 Å². The molecule has 4 aromatic heterocycles. The fourth-order valence-corrected chi connectivity index (χ4v) is 9.34. The van der Waals surface area contributed by atoms with Crippen molar-refractivity contribution in [1.29, 1.82) is 0 Å². The molecule has 5 aromatic rings. The van der Waals surface area contributed by atoms with E-state index in [9.17, 15) is 19.2 Å². The summed E-state index contributed by atoms with van der Waals surface area (Å²) in [5.41, 5.74) is 4.92. The second-order valence-electron chi connectivity index (χ2n) is 17.2.